The first-order valence-electron chi connectivity index (χ1n) is 7.83. The molecule has 8 nitrogen and oxygen atoms in total. The quantitative estimate of drug-likeness (QED) is 0.339. The fourth-order valence-electron chi connectivity index (χ4n) is 3.36. The average molecular weight is 315 g/mol. The van der Waals surface area contributed by atoms with Crippen LogP contribution in [0.25, 0.3) is 0 Å². The monoisotopic (exact) mass is 315 g/mol. The zero-order valence-corrected chi connectivity index (χ0v) is 12.8. The minimum absolute atomic E-state index is 0.187. The van der Waals surface area contributed by atoms with E-state index in [1.165, 1.54) is 0 Å². The fourth-order valence-corrected chi connectivity index (χ4v) is 3.36. The molecule has 0 radical (unpaired) electrons. The highest BCUT2D eigenvalue weighted by Gasteiger charge is 2.49. The van der Waals surface area contributed by atoms with E-state index in [9.17, 15) is 9.90 Å². The molecule has 9 heteroatoms. The van der Waals surface area contributed by atoms with Gasteiger partial charge in [0, 0.05) is 38.1 Å². The number of morpholine rings is 1. The summed E-state index contributed by atoms with van der Waals surface area (Å²) in [4.78, 5) is 13.6. The van der Waals surface area contributed by atoms with Gasteiger partial charge >= 0.3 is 13.1 Å². The Hall–Kier alpha value is -0.705. The molecule has 2 rings (SSSR count). The van der Waals surface area contributed by atoms with Gasteiger partial charge in [-0.05, 0) is 12.7 Å². The number of ether oxygens (including phenoxy) is 1. The summed E-state index contributed by atoms with van der Waals surface area (Å²) in [6, 6.07) is 0.199. The predicted molar refractivity (Wildman–Crippen MR) is 81.3 cm³/mol. The molecule has 0 aromatic heterocycles. The van der Waals surface area contributed by atoms with Crippen LogP contribution in [-0.4, -0.2) is 84.1 Å². The van der Waals surface area contributed by atoms with Crippen LogP contribution in [0.5, 0.6) is 0 Å². The van der Waals surface area contributed by atoms with Gasteiger partial charge in [0.25, 0.3) is 0 Å². The molecule has 0 aromatic carbocycles. The van der Waals surface area contributed by atoms with E-state index in [2.05, 4.69) is 10.2 Å². The summed E-state index contributed by atoms with van der Waals surface area (Å²) in [5, 5.41) is 30.7. The van der Waals surface area contributed by atoms with Gasteiger partial charge in [0.15, 0.2) is 0 Å². The van der Waals surface area contributed by atoms with E-state index in [0.717, 1.165) is 6.54 Å². The molecule has 126 valence electrons. The molecule has 0 saturated carbocycles. The molecule has 2 aliphatic heterocycles. The van der Waals surface area contributed by atoms with Crippen molar-refractivity contribution in [3.8, 4) is 0 Å². The Balaban J connectivity index is 1.90. The maximum atomic E-state index is 11.6. The highest BCUT2D eigenvalue weighted by molar-refractivity contribution is 6.40. The van der Waals surface area contributed by atoms with Gasteiger partial charge in [-0.25, -0.2) is 0 Å². The SMILES string of the molecule is N[C@@]1(C(=O)O)CN(C[C@H]2COCCN2)C[C@@H]1CCCB(O)O. The van der Waals surface area contributed by atoms with Crippen molar-refractivity contribution in [2.75, 3.05) is 39.4 Å². The molecule has 2 fully saturated rings. The molecule has 2 aliphatic rings. The predicted octanol–water partition coefficient (Wildman–Crippen LogP) is -2.06. The lowest BCUT2D eigenvalue weighted by atomic mass is 9.78. The van der Waals surface area contributed by atoms with Crippen molar-refractivity contribution >= 4 is 13.1 Å². The van der Waals surface area contributed by atoms with Gasteiger partial charge < -0.3 is 30.9 Å². The number of hydrogen-bond donors (Lipinski definition) is 5. The second kappa shape index (κ2) is 7.71. The Kier molecular flexibility index (Phi) is 6.19. The minimum atomic E-state index is -1.35. The zero-order chi connectivity index (χ0) is 16.2. The van der Waals surface area contributed by atoms with Crippen molar-refractivity contribution in [1.29, 1.82) is 0 Å². The molecule has 0 aliphatic carbocycles. The van der Waals surface area contributed by atoms with Gasteiger partial charge in [-0.15, -0.1) is 0 Å². The van der Waals surface area contributed by atoms with Crippen molar-refractivity contribution in [2.24, 2.45) is 11.7 Å². The van der Waals surface area contributed by atoms with Gasteiger partial charge in [0.1, 0.15) is 5.54 Å². The van der Waals surface area contributed by atoms with Crippen LogP contribution in [0.2, 0.25) is 6.32 Å². The first-order valence-corrected chi connectivity index (χ1v) is 7.83. The lowest BCUT2D eigenvalue weighted by Crippen LogP contribution is -2.55. The standard InChI is InChI=1S/C13H26BN3O5/c15-13(12(18)19)9-17(7-11-8-22-5-4-16-11)6-10(13)2-1-3-14(20)21/h10-11,16,20-21H,1-9,15H2,(H,18,19)/t10-,11-,13-/m0/s1. The molecule has 22 heavy (non-hydrogen) atoms. The summed E-state index contributed by atoms with van der Waals surface area (Å²) in [7, 11) is -1.35. The van der Waals surface area contributed by atoms with Crippen molar-refractivity contribution in [3.05, 3.63) is 0 Å². The molecule has 3 atom stereocenters. The third kappa shape index (κ3) is 4.40. The van der Waals surface area contributed by atoms with Crippen molar-refractivity contribution in [2.45, 2.75) is 30.7 Å². The summed E-state index contributed by atoms with van der Waals surface area (Å²) in [5.41, 5.74) is 4.87. The Morgan fingerprint density at radius 2 is 2.27 bits per heavy atom. The van der Waals surface area contributed by atoms with Crippen LogP contribution in [0, 0.1) is 5.92 Å². The van der Waals surface area contributed by atoms with Gasteiger partial charge in [-0.2, -0.15) is 0 Å². The highest BCUT2D eigenvalue weighted by atomic mass is 16.5. The number of nitrogens with two attached hydrogens (primary N) is 1. The van der Waals surface area contributed by atoms with Gasteiger partial charge in [-0.1, -0.05) is 6.42 Å². The van der Waals surface area contributed by atoms with Crippen LogP contribution < -0.4 is 11.1 Å². The summed E-state index contributed by atoms with van der Waals surface area (Å²) in [6.45, 7) is 3.78. The molecule has 0 bridgehead atoms. The molecule has 2 saturated heterocycles. The van der Waals surface area contributed by atoms with Gasteiger partial charge in [-0.3, -0.25) is 9.69 Å². The fraction of sp³-hybridized carbons (Fsp3) is 0.923. The summed E-state index contributed by atoms with van der Waals surface area (Å²) < 4.78 is 5.42. The summed E-state index contributed by atoms with van der Waals surface area (Å²) in [5.74, 6) is -1.18. The number of carbonyl (C=O) groups is 1. The molecule has 0 aromatic rings. The minimum Gasteiger partial charge on any atom is -0.480 e. The first-order chi connectivity index (χ1) is 10.4. The summed E-state index contributed by atoms with van der Waals surface area (Å²) in [6.07, 6.45) is 1.36. The molecule has 0 spiro atoms. The lowest BCUT2D eigenvalue weighted by molar-refractivity contribution is -0.144. The Morgan fingerprint density at radius 1 is 1.50 bits per heavy atom. The highest BCUT2D eigenvalue weighted by Crippen LogP contribution is 2.30. The third-order valence-corrected chi connectivity index (χ3v) is 4.58. The number of carboxylic acid groups (broad SMARTS) is 1. The number of hydrogen-bond acceptors (Lipinski definition) is 7. The van der Waals surface area contributed by atoms with Gasteiger partial charge in [0.2, 0.25) is 0 Å². The number of nitrogens with one attached hydrogen (secondary N) is 1. The maximum absolute atomic E-state index is 11.6. The van der Waals surface area contributed by atoms with E-state index >= 15 is 0 Å². The number of aliphatic carboxylic acids is 1. The molecule has 6 N–H and O–H groups in total. The maximum Gasteiger partial charge on any atom is 0.451 e. The number of carboxylic acids is 1. The first kappa shape index (κ1) is 17.6. The third-order valence-electron chi connectivity index (χ3n) is 4.58. The molecule has 0 unspecified atom stereocenters. The van der Waals surface area contributed by atoms with Crippen molar-refractivity contribution in [3.63, 3.8) is 0 Å². The van der Waals surface area contributed by atoms with Crippen molar-refractivity contribution in [1.82, 2.24) is 10.2 Å². The topological polar surface area (TPSA) is 128 Å². The van der Waals surface area contributed by atoms with Crippen LogP contribution >= 0.6 is 0 Å². The normalized spacial score (nSPS) is 33.0. The molecular weight excluding hydrogens is 289 g/mol. The van der Waals surface area contributed by atoms with Crippen LogP contribution in [0.1, 0.15) is 12.8 Å². The second-order valence-corrected chi connectivity index (χ2v) is 6.37. The Labute approximate surface area is 130 Å². The smallest absolute Gasteiger partial charge is 0.451 e. The molecular formula is C13H26BN3O5. The number of nitrogens with zero attached hydrogens (tertiary/aromatic N) is 1. The number of likely N-dealkylation sites (tertiary alicyclic amines) is 1. The largest absolute Gasteiger partial charge is 0.480 e. The second-order valence-electron chi connectivity index (χ2n) is 6.37. The van der Waals surface area contributed by atoms with E-state index in [0.29, 0.717) is 45.7 Å². The van der Waals surface area contributed by atoms with Crippen LogP contribution in [-0.2, 0) is 9.53 Å². The van der Waals surface area contributed by atoms with Crippen LogP contribution in [0.15, 0.2) is 0 Å². The molecule has 2 heterocycles. The van der Waals surface area contributed by atoms with Crippen LogP contribution in [0.3, 0.4) is 0 Å². The van der Waals surface area contributed by atoms with Gasteiger partial charge in [0.05, 0.1) is 13.2 Å². The van der Waals surface area contributed by atoms with E-state index in [1.54, 1.807) is 0 Å². The lowest BCUT2D eigenvalue weighted by Gasteiger charge is -2.28. The van der Waals surface area contributed by atoms with E-state index < -0.39 is 18.6 Å². The zero-order valence-electron chi connectivity index (χ0n) is 12.8. The average Bonchev–Trinajstić information content (AvgIpc) is 2.77. The van der Waals surface area contributed by atoms with Crippen molar-refractivity contribution < 1.29 is 24.7 Å². The molecule has 0 amide bonds. The Bertz CT molecular complexity index is 381. The van der Waals surface area contributed by atoms with E-state index in [4.69, 9.17) is 20.5 Å². The van der Waals surface area contributed by atoms with Crippen LogP contribution in [0.4, 0.5) is 0 Å². The van der Waals surface area contributed by atoms with E-state index in [-0.39, 0.29) is 18.3 Å². The van der Waals surface area contributed by atoms with E-state index in [1.807, 2.05) is 0 Å². The number of rotatable bonds is 7. The Morgan fingerprint density at radius 3 is 2.86 bits per heavy atom. The summed E-state index contributed by atoms with van der Waals surface area (Å²) >= 11 is 0.